The number of hydrogen-bond acceptors (Lipinski definition) is 14. The molecule has 1 fully saturated rings. The van der Waals surface area contributed by atoms with Gasteiger partial charge in [-0.05, 0) is 95.8 Å². The number of benzene rings is 5. The van der Waals surface area contributed by atoms with Gasteiger partial charge in [-0.2, -0.15) is 5.21 Å². The van der Waals surface area contributed by atoms with Gasteiger partial charge in [-0.3, -0.25) is 14.9 Å². The first-order valence-corrected chi connectivity index (χ1v) is 24.4. The molecule has 0 radical (unpaired) electrons. The van der Waals surface area contributed by atoms with Crippen LogP contribution in [0.4, 0.5) is 4.79 Å². The van der Waals surface area contributed by atoms with Crippen molar-refractivity contribution in [3.8, 4) is 39.8 Å². The second-order valence-corrected chi connectivity index (χ2v) is 19.1. The number of aryl methyl sites for hydroxylation is 2. The fourth-order valence-corrected chi connectivity index (χ4v) is 10.1. The van der Waals surface area contributed by atoms with Gasteiger partial charge in [0.15, 0.2) is 15.5 Å². The number of nitrogens with zero attached hydrogens (tertiary/aromatic N) is 7. The van der Waals surface area contributed by atoms with Gasteiger partial charge in [0.2, 0.25) is 11.7 Å². The molecule has 0 saturated carbocycles. The third kappa shape index (κ3) is 9.89. The summed E-state index contributed by atoms with van der Waals surface area (Å²) in [5.41, 5.74) is 6.23. The van der Waals surface area contributed by atoms with E-state index in [-0.39, 0.29) is 47.2 Å². The molecule has 0 aliphatic carbocycles. The Labute approximate surface area is 395 Å². The molecule has 9 rings (SSSR count). The lowest BCUT2D eigenvalue weighted by Crippen LogP contribution is -2.25. The van der Waals surface area contributed by atoms with E-state index in [1.54, 1.807) is 29.7 Å². The third-order valence-corrected chi connectivity index (χ3v) is 14.0. The zero-order valence-electron chi connectivity index (χ0n) is 37.2. The van der Waals surface area contributed by atoms with Crippen molar-refractivity contribution in [3.05, 3.63) is 149 Å². The van der Waals surface area contributed by atoms with E-state index in [0.717, 1.165) is 50.6 Å². The number of nitrogens with one attached hydrogen (secondary N) is 2. The fraction of sp³-hybridized carbons (Fsp3) is 0.224. The van der Waals surface area contributed by atoms with Crippen LogP contribution in [0.2, 0.25) is 0 Å². The van der Waals surface area contributed by atoms with Crippen molar-refractivity contribution in [2.24, 2.45) is 7.05 Å². The van der Waals surface area contributed by atoms with Gasteiger partial charge >= 0.3 is 5.97 Å². The molecule has 68 heavy (non-hydrogen) atoms. The summed E-state index contributed by atoms with van der Waals surface area (Å²) < 4.78 is 49.5. The van der Waals surface area contributed by atoms with Crippen molar-refractivity contribution in [1.82, 2.24) is 45.0 Å². The normalized spacial score (nSPS) is 13.8. The molecular formula is C49H45N9O8S2. The molecule has 0 spiro atoms. The zero-order chi connectivity index (χ0) is 47.4. The minimum atomic E-state index is -4.00. The number of ether oxygens (including phenoxy) is 3. The maximum atomic E-state index is 14.1. The molecule has 1 saturated heterocycles. The number of imidazole rings is 2. The maximum absolute atomic E-state index is 14.1. The van der Waals surface area contributed by atoms with Gasteiger partial charge in [0.25, 0.3) is 5.24 Å². The summed E-state index contributed by atoms with van der Waals surface area (Å²) in [5.74, 6) is 1.87. The van der Waals surface area contributed by atoms with E-state index >= 15 is 0 Å². The van der Waals surface area contributed by atoms with Crippen LogP contribution >= 0.6 is 11.8 Å². The Hall–Kier alpha value is -7.64. The van der Waals surface area contributed by atoms with Crippen LogP contribution in [-0.2, 0) is 58.2 Å². The van der Waals surface area contributed by atoms with Gasteiger partial charge in [-0.25, -0.2) is 23.2 Å². The summed E-state index contributed by atoms with van der Waals surface area (Å²) in [4.78, 5) is 46.7. The first-order valence-electron chi connectivity index (χ1n) is 21.8. The summed E-state index contributed by atoms with van der Waals surface area (Å²) >= 11 is 1.000. The number of carbonyl (C=O) groups is 3. The van der Waals surface area contributed by atoms with Crippen LogP contribution in [-0.4, -0.2) is 77.1 Å². The standard InChI is InChI=1S/C49H45N9O8S2/c1-4-8-43-51-40(45(48(60)64-5-2)58(43)27-31-11-15-32(16-12-31)37-9-6-7-10-38(37)46-53-55-56-54-46)29-68(62,63)36-22-19-34(20-23-36)66-35-21-24-39-41(26-35)57(3)44(50-39)28-65-33-17-13-30(14-18-33)25-42-47(59)52-49(61)67-42/h6-7,9-24,26,42H,4-5,8,25,27-29H2,1-3H3,(H,52,59,61)(H,53,54,55,56). The van der Waals surface area contributed by atoms with E-state index in [9.17, 15) is 22.8 Å². The SMILES string of the molecule is CCCc1nc(CS(=O)(=O)c2ccc(Oc3ccc4nc(COc5ccc(CC6SC(=O)NC6=O)cc5)n(C)c4c3)cc2)c(C(=O)OCC)n1Cc1ccc(-c2ccccc2-c2nn[nH]n2)cc1. The number of amides is 2. The quantitative estimate of drug-likeness (QED) is 0.0779. The van der Waals surface area contributed by atoms with Crippen molar-refractivity contribution in [1.29, 1.82) is 0 Å². The highest BCUT2D eigenvalue weighted by molar-refractivity contribution is 8.15. The van der Waals surface area contributed by atoms with Crippen LogP contribution < -0.4 is 14.8 Å². The first kappa shape index (κ1) is 45.5. The van der Waals surface area contributed by atoms with Gasteiger partial charge in [-0.1, -0.05) is 79.3 Å². The highest BCUT2D eigenvalue weighted by atomic mass is 32.2. The number of sulfone groups is 1. The highest BCUT2D eigenvalue weighted by Gasteiger charge is 2.32. The Morgan fingerprint density at radius 1 is 0.824 bits per heavy atom. The van der Waals surface area contributed by atoms with E-state index in [4.69, 9.17) is 24.2 Å². The molecule has 1 aliphatic rings. The summed E-state index contributed by atoms with van der Waals surface area (Å²) in [6.45, 7) is 4.26. The molecule has 2 amide bonds. The van der Waals surface area contributed by atoms with Crippen LogP contribution in [0.3, 0.4) is 0 Å². The lowest BCUT2D eigenvalue weighted by Gasteiger charge is -2.13. The second kappa shape index (κ2) is 19.7. The molecule has 2 N–H and O–H groups in total. The number of imide groups is 1. The number of esters is 1. The lowest BCUT2D eigenvalue weighted by molar-refractivity contribution is -0.118. The Morgan fingerprint density at radius 3 is 2.24 bits per heavy atom. The molecule has 1 aliphatic heterocycles. The van der Waals surface area contributed by atoms with Gasteiger partial charge in [0, 0.05) is 31.6 Å². The number of rotatable bonds is 18. The van der Waals surface area contributed by atoms with E-state index in [2.05, 4.69) is 25.9 Å². The Bertz CT molecular complexity index is 3240. The number of carbonyl (C=O) groups excluding carboxylic acids is 3. The molecule has 5 aromatic carbocycles. The summed E-state index contributed by atoms with van der Waals surface area (Å²) in [7, 11) is -2.12. The Kier molecular flexibility index (Phi) is 13.2. The molecule has 3 aromatic heterocycles. The first-order chi connectivity index (χ1) is 33.0. The molecule has 4 heterocycles. The minimum absolute atomic E-state index is 0.0426. The number of thioether (sulfide) groups is 1. The van der Waals surface area contributed by atoms with Gasteiger partial charge in [0.1, 0.15) is 35.5 Å². The van der Waals surface area contributed by atoms with Crippen LogP contribution in [0.25, 0.3) is 33.5 Å². The lowest BCUT2D eigenvalue weighted by atomic mass is 9.98. The molecule has 17 nitrogen and oxygen atoms in total. The Balaban J connectivity index is 0.878. The monoisotopic (exact) mass is 951 g/mol. The van der Waals surface area contributed by atoms with Crippen molar-refractivity contribution < 1.29 is 37.0 Å². The number of H-pyrrole nitrogens is 1. The number of tetrazole rings is 1. The average Bonchev–Trinajstić information content (AvgIpc) is 4.13. The molecule has 8 aromatic rings. The summed E-state index contributed by atoms with van der Waals surface area (Å²) in [6, 6.07) is 34.6. The van der Waals surface area contributed by atoms with Crippen molar-refractivity contribution in [2.75, 3.05) is 6.61 Å². The fourth-order valence-electron chi connectivity index (χ4n) is 7.98. The van der Waals surface area contributed by atoms with E-state index in [1.807, 2.05) is 103 Å². The average molecular weight is 952 g/mol. The number of hydrogen-bond donors (Lipinski definition) is 2. The number of aromatic nitrogens is 8. The van der Waals surface area contributed by atoms with Gasteiger partial charge in [-0.15, -0.1) is 10.2 Å². The van der Waals surface area contributed by atoms with E-state index in [0.29, 0.717) is 54.0 Å². The summed E-state index contributed by atoms with van der Waals surface area (Å²) in [5, 5.41) is 16.0. The second-order valence-electron chi connectivity index (χ2n) is 15.9. The summed E-state index contributed by atoms with van der Waals surface area (Å²) in [6.07, 6.45) is 1.67. The minimum Gasteiger partial charge on any atom is -0.486 e. The van der Waals surface area contributed by atoms with Crippen molar-refractivity contribution in [2.45, 2.75) is 62.2 Å². The Morgan fingerprint density at radius 2 is 1.54 bits per heavy atom. The van der Waals surface area contributed by atoms with E-state index in [1.165, 1.54) is 12.1 Å². The van der Waals surface area contributed by atoms with Crippen LogP contribution in [0.15, 0.2) is 120 Å². The highest BCUT2D eigenvalue weighted by Crippen LogP contribution is 2.32. The molecule has 1 unspecified atom stereocenters. The van der Waals surface area contributed by atoms with Crippen molar-refractivity contribution in [3.63, 3.8) is 0 Å². The largest absolute Gasteiger partial charge is 0.486 e. The van der Waals surface area contributed by atoms with Gasteiger partial charge < -0.3 is 23.3 Å². The third-order valence-electron chi connectivity index (χ3n) is 11.3. The molecule has 19 heteroatoms. The number of fused-ring (bicyclic) bond motifs is 1. The smallest absolute Gasteiger partial charge is 0.356 e. The molecular weight excluding hydrogens is 907 g/mol. The van der Waals surface area contributed by atoms with Crippen molar-refractivity contribution >= 4 is 49.7 Å². The maximum Gasteiger partial charge on any atom is 0.356 e. The van der Waals surface area contributed by atoms with Crippen LogP contribution in [0.5, 0.6) is 17.2 Å². The predicted molar refractivity (Wildman–Crippen MR) is 254 cm³/mol. The van der Waals surface area contributed by atoms with Crippen LogP contribution in [0, 0.1) is 0 Å². The van der Waals surface area contributed by atoms with Gasteiger partial charge in [0.05, 0.1) is 39.2 Å². The topological polar surface area (TPSA) is 215 Å². The van der Waals surface area contributed by atoms with E-state index < -0.39 is 26.8 Å². The number of aromatic amines is 1. The molecule has 1 atom stereocenters. The predicted octanol–water partition coefficient (Wildman–Crippen LogP) is 8.03. The van der Waals surface area contributed by atoms with Crippen LogP contribution in [0.1, 0.15) is 59.2 Å². The molecule has 0 bridgehead atoms. The zero-order valence-corrected chi connectivity index (χ0v) is 38.8. The molecule has 346 valence electrons.